The van der Waals surface area contributed by atoms with Crippen molar-refractivity contribution >= 4 is 5.78 Å². The first-order valence-corrected chi connectivity index (χ1v) is 7.40. The van der Waals surface area contributed by atoms with Gasteiger partial charge in [0.25, 0.3) is 0 Å². The molecule has 114 valence electrons. The zero-order chi connectivity index (χ0) is 15.4. The van der Waals surface area contributed by atoms with Crippen LogP contribution in [-0.4, -0.2) is 36.5 Å². The molecule has 1 unspecified atom stereocenters. The van der Waals surface area contributed by atoms with Crippen molar-refractivity contribution in [2.45, 2.75) is 12.6 Å². The van der Waals surface area contributed by atoms with Crippen molar-refractivity contribution in [1.82, 2.24) is 4.90 Å². The molecule has 0 spiro atoms. The van der Waals surface area contributed by atoms with Gasteiger partial charge in [-0.15, -0.1) is 0 Å². The number of halogens is 1. The Bertz CT molecular complexity index is 645. The number of Topliss-reactive ketones (excluding diaryl/α,β-unsaturated/α-hetero) is 1. The third kappa shape index (κ3) is 3.59. The second kappa shape index (κ2) is 6.81. The smallest absolute Gasteiger partial charge is 0.192 e. The average molecular weight is 299 g/mol. The maximum atomic E-state index is 13.3. The van der Waals surface area contributed by atoms with Crippen LogP contribution in [0.25, 0.3) is 0 Å². The molecule has 1 fully saturated rings. The van der Waals surface area contributed by atoms with Crippen LogP contribution < -0.4 is 0 Å². The highest BCUT2D eigenvalue weighted by molar-refractivity contribution is 5.99. The molecule has 0 N–H and O–H groups in total. The van der Waals surface area contributed by atoms with Gasteiger partial charge < -0.3 is 4.74 Å². The second-order valence-electron chi connectivity index (χ2n) is 5.45. The van der Waals surface area contributed by atoms with Crippen LogP contribution >= 0.6 is 0 Å². The molecule has 1 atom stereocenters. The number of hydrogen-bond donors (Lipinski definition) is 0. The monoisotopic (exact) mass is 299 g/mol. The predicted octanol–water partition coefficient (Wildman–Crippen LogP) is 2.91. The molecule has 0 bridgehead atoms. The highest BCUT2D eigenvalue weighted by Gasteiger charge is 2.27. The topological polar surface area (TPSA) is 29.5 Å². The lowest BCUT2D eigenvalue weighted by atomic mass is 10.0. The van der Waals surface area contributed by atoms with Gasteiger partial charge in [-0.25, -0.2) is 4.39 Å². The van der Waals surface area contributed by atoms with Crippen LogP contribution in [0, 0.1) is 5.82 Å². The van der Waals surface area contributed by atoms with Gasteiger partial charge in [0.1, 0.15) is 11.9 Å². The van der Waals surface area contributed by atoms with Gasteiger partial charge >= 0.3 is 0 Å². The molecule has 3 rings (SSSR count). The van der Waals surface area contributed by atoms with E-state index in [-0.39, 0.29) is 5.78 Å². The van der Waals surface area contributed by atoms with E-state index >= 15 is 0 Å². The Morgan fingerprint density at radius 2 is 2.00 bits per heavy atom. The van der Waals surface area contributed by atoms with Crippen LogP contribution in [0.5, 0.6) is 0 Å². The molecule has 1 aliphatic rings. The summed E-state index contributed by atoms with van der Waals surface area (Å²) in [7, 11) is 0. The number of rotatable bonds is 4. The zero-order valence-electron chi connectivity index (χ0n) is 12.2. The van der Waals surface area contributed by atoms with Crippen molar-refractivity contribution in [3.63, 3.8) is 0 Å². The number of benzene rings is 2. The Hall–Kier alpha value is -2.04. The van der Waals surface area contributed by atoms with E-state index in [0.29, 0.717) is 18.7 Å². The van der Waals surface area contributed by atoms with Crippen molar-refractivity contribution in [2.75, 3.05) is 19.7 Å². The summed E-state index contributed by atoms with van der Waals surface area (Å²) in [6.45, 7) is 2.63. The van der Waals surface area contributed by atoms with Gasteiger partial charge in [-0.3, -0.25) is 9.69 Å². The Kier molecular flexibility index (Phi) is 4.61. The first kappa shape index (κ1) is 14.9. The Balaban J connectivity index is 1.66. The minimum absolute atomic E-state index is 0.155. The number of hydrogen-bond acceptors (Lipinski definition) is 3. The van der Waals surface area contributed by atoms with E-state index < -0.39 is 11.9 Å². The molecule has 2 aromatic rings. The van der Waals surface area contributed by atoms with Crippen molar-refractivity contribution in [2.24, 2.45) is 0 Å². The Morgan fingerprint density at radius 1 is 1.18 bits per heavy atom. The fourth-order valence-electron chi connectivity index (χ4n) is 2.67. The van der Waals surface area contributed by atoms with Crippen LogP contribution in [-0.2, 0) is 11.3 Å². The van der Waals surface area contributed by atoms with Crippen LogP contribution in [0.2, 0.25) is 0 Å². The first-order chi connectivity index (χ1) is 10.7. The van der Waals surface area contributed by atoms with Crippen molar-refractivity contribution in [3.8, 4) is 0 Å². The summed E-state index contributed by atoms with van der Waals surface area (Å²) >= 11 is 0. The van der Waals surface area contributed by atoms with Crippen LogP contribution in [0.15, 0.2) is 54.6 Å². The molecule has 2 aromatic carbocycles. The number of carbonyl (C=O) groups excluding carboxylic acids is 1. The minimum Gasteiger partial charge on any atom is -0.367 e. The first-order valence-electron chi connectivity index (χ1n) is 7.40. The number of ether oxygens (including phenoxy) is 1. The molecule has 0 aliphatic carbocycles. The summed E-state index contributed by atoms with van der Waals surface area (Å²) in [4.78, 5) is 14.6. The van der Waals surface area contributed by atoms with Crippen molar-refractivity contribution in [3.05, 3.63) is 71.5 Å². The van der Waals surface area contributed by atoms with E-state index in [1.807, 2.05) is 18.2 Å². The van der Waals surface area contributed by atoms with Gasteiger partial charge in [-0.2, -0.15) is 0 Å². The quantitative estimate of drug-likeness (QED) is 0.813. The lowest BCUT2D eigenvalue weighted by molar-refractivity contribution is -0.0190. The number of ketones is 1. The fraction of sp³-hybridized carbons (Fsp3) is 0.278. The summed E-state index contributed by atoms with van der Waals surface area (Å²) < 4.78 is 18.8. The molecule has 1 aliphatic heterocycles. The summed E-state index contributed by atoms with van der Waals surface area (Å²) in [5.74, 6) is -0.555. The standard InChI is InChI=1S/C18H18FNO2/c19-16-8-4-7-15(11-16)18(21)17-13-20(9-10-22-17)12-14-5-2-1-3-6-14/h1-8,11,17H,9-10,12-13H2. The fourth-order valence-corrected chi connectivity index (χ4v) is 2.67. The van der Waals surface area contributed by atoms with Gasteiger partial charge in [0, 0.05) is 25.2 Å². The van der Waals surface area contributed by atoms with Crippen LogP contribution in [0.1, 0.15) is 15.9 Å². The third-order valence-corrected chi connectivity index (χ3v) is 3.80. The number of nitrogens with zero attached hydrogens (tertiary/aromatic N) is 1. The van der Waals surface area contributed by atoms with Gasteiger partial charge in [-0.1, -0.05) is 42.5 Å². The van der Waals surface area contributed by atoms with E-state index in [1.165, 1.54) is 17.7 Å². The summed E-state index contributed by atoms with van der Waals surface area (Å²) in [5, 5.41) is 0. The van der Waals surface area contributed by atoms with Gasteiger partial charge in [0.2, 0.25) is 0 Å². The van der Waals surface area contributed by atoms with E-state index in [0.717, 1.165) is 13.1 Å². The summed E-state index contributed by atoms with van der Waals surface area (Å²) in [6.07, 6.45) is -0.528. The van der Waals surface area contributed by atoms with Gasteiger partial charge in [0.15, 0.2) is 5.78 Å². The van der Waals surface area contributed by atoms with E-state index in [2.05, 4.69) is 17.0 Å². The summed E-state index contributed by atoms with van der Waals surface area (Å²) in [5.41, 5.74) is 1.58. The lowest BCUT2D eigenvalue weighted by Gasteiger charge is -2.32. The zero-order valence-corrected chi connectivity index (χ0v) is 12.2. The molecular weight excluding hydrogens is 281 g/mol. The molecule has 0 amide bonds. The van der Waals surface area contributed by atoms with E-state index in [4.69, 9.17) is 4.74 Å². The molecule has 22 heavy (non-hydrogen) atoms. The third-order valence-electron chi connectivity index (χ3n) is 3.80. The van der Waals surface area contributed by atoms with E-state index in [1.54, 1.807) is 12.1 Å². The average Bonchev–Trinajstić information content (AvgIpc) is 2.55. The highest BCUT2D eigenvalue weighted by atomic mass is 19.1. The SMILES string of the molecule is O=C(c1cccc(F)c1)C1CN(Cc2ccccc2)CCO1. The molecule has 0 radical (unpaired) electrons. The highest BCUT2D eigenvalue weighted by Crippen LogP contribution is 2.15. The molecule has 0 saturated carbocycles. The largest absolute Gasteiger partial charge is 0.367 e. The molecule has 3 nitrogen and oxygen atoms in total. The maximum Gasteiger partial charge on any atom is 0.192 e. The van der Waals surface area contributed by atoms with Gasteiger partial charge in [-0.05, 0) is 17.7 Å². The number of morpholine rings is 1. The van der Waals surface area contributed by atoms with Gasteiger partial charge in [0.05, 0.1) is 6.61 Å². The lowest BCUT2D eigenvalue weighted by Crippen LogP contribution is -2.45. The maximum absolute atomic E-state index is 13.3. The van der Waals surface area contributed by atoms with Crippen LogP contribution in [0.4, 0.5) is 4.39 Å². The molecular formula is C18H18FNO2. The Morgan fingerprint density at radius 3 is 2.77 bits per heavy atom. The van der Waals surface area contributed by atoms with Crippen molar-refractivity contribution < 1.29 is 13.9 Å². The predicted molar refractivity (Wildman–Crippen MR) is 82.2 cm³/mol. The second-order valence-corrected chi connectivity index (χ2v) is 5.45. The molecule has 0 aromatic heterocycles. The van der Waals surface area contributed by atoms with Crippen LogP contribution in [0.3, 0.4) is 0 Å². The normalized spacial score (nSPS) is 19.0. The van der Waals surface area contributed by atoms with E-state index in [9.17, 15) is 9.18 Å². The molecule has 1 heterocycles. The molecule has 1 saturated heterocycles. The molecule has 4 heteroatoms. The number of carbonyl (C=O) groups is 1. The summed E-state index contributed by atoms with van der Waals surface area (Å²) in [6, 6.07) is 15.9. The Labute approximate surface area is 129 Å². The minimum atomic E-state index is -0.528. The van der Waals surface area contributed by atoms with Crippen molar-refractivity contribution in [1.29, 1.82) is 0 Å².